The molecular formula is C13H11NO3. The second kappa shape index (κ2) is 4.65. The van der Waals surface area contributed by atoms with Crippen LogP contribution in [0, 0.1) is 0 Å². The van der Waals surface area contributed by atoms with Gasteiger partial charge in [-0.2, -0.15) is 0 Å². The third kappa shape index (κ3) is 2.60. The van der Waals surface area contributed by atoms with Gasteiger partial charge in [-0.3, -0.25) is 9.59 Å². The summed E-state index contributed by atoms with van der Waals surface area (Å²) >= 11 is 0. The molecule has 1 aromatic heterocycles. The minimum Gasteiger partial charge on any atom is -0.453 e. The molecule has 1 heterocycles. The fraction of sp³-hybridized carbons (Fsp3) is 0.0769. The van der Waals surface area contributed by atoms with E-state index >= 15 is 0 Å². The molecule has 0 bridgehead atoms. The molecule has 1 amide bonds. The van der Waals surface area contributed by atoms with Crippen molar-refractivity contribution in [1.82, 2.24) is 0 Å². The summed E-state index contributed by atoms with van der Waals surface area (Å²) in [7, 11) is 0. The van der Waals surface area contributed by atoms with Gasteiger partial charge in [0.05, 0.1) is 6.42 Å². The monoisotopic (exact) mass is 229 g/mol. The van der Waals surface area contributed by atoms with E-state index in [0.717, 1.165) is 11.1 Å². The lowest BCUT2D eigenvalue weighted by Gasteiger charge is -2.00. The van der Waals surface area contributed by atoms with Crippen molar-refractivity contribution in [2.75, 3.05) is 0 Å². The third-order valence-electron chi connectivity index (χ3n) is 2.36. The molecule has 0 radical (unpaired) electrons. The number of nitrogens with two attached hydrogens (primary N) is 1. The van der Waals surface area contributed by atoms with Crippen LogP contribution in [0.15, 0.2) is 40.8 Å². The topological polar surface area (TPSA) is 73.3 Å². The highest BCUT2D eigenvalue weighted by Gasteiger charge is 2.04. The first kappa shape index (κ1) is 11.1. The van der Waals surface area contributed by atoms with Crippen LogP contribution in [0.1, 0.15) is 16.1 Å². The van der Waals surface area contributed by atoms with Crippen LogP contribution >= 0.6 is 0 Å². The maximum Gasteiger partial charge on any atom is 0.221 e. The van der Waals surface area contributed by atoms with Crippen LogP contribution in [0.25, 0.3) is 11.3 Å². The zero-order valence-corrected chi connectivity index (χ0v) is 9.05. The summed E-state index contributed by atoms with van der Waals surface area (Å²) in [4.78, 5) is 21.2. The van der Waals surface area contributed by atoms with Gasteiger partial charge in [-0.15, -0.1) is 0 Å². The maximum atomic E-state index is 10.7. The van der Waals surface area contributed by atoms with E-state index in [0.29, 0.717) is 17.8 Å². The first-order chi connectivity index (χ1) is 8.19. The summed E-state index contributed by atoms with van der Waals surface area (Å²) in [6.45, 7) is 0. The second-order valence-electron chi connectivity index (χ2n) is 3.66. The van der Waals surface area contributed by atoms with Crippen molar-refractivity contribution in [2.45, 2.75) is 6.42 Å². The zero-order valence-electron chi connectivity index (χ0n) is 9.05. The lowest BCUT2D eigenvalue weighted by Crippen LogP contribution is -2.13. The Morgan fingerprint density at radius 2 is 1.88 bits per heavy atom. The van der Waals surface area contributed by atoms with Gasteiger partial charge in [0.25, 0.3) is 0 Å². The van der Waals surface area contributed by atoms with E-state index in [1.54, 1.807) is 12.1 Å². The van der Waals surface area contributed by atoms with Crippen molar-refractivity contribution in [3.05, 3.63) is 47.7 Å². The Morgan fingerprint density at radius 1 is 1.18 bits per heavy atom. The van der Waals surface area contributed by atoms with E-state index in [1.807, 2.05) is 24.3 Å². The molecule has 17 heavy (non-hydrogen) atoms. The minimum absolute atomic E-state index is 0.220. The Balaban J connectivity index is 2.22. The van der Waals surface area contributed by atoms with E-state index in [-0.39, 0.29) is 12.3 Å². The molecule has 0 saturated heterocycles. The number of benzene rings is 1. The molecule has 0 fully saturated rings. The highest BCUT2D eigenvalue weighted by atomic mass is 16.3. The normalized spacial score (nSPS) is 10.1. The Kier molecular flexibility index (Phi) is 3.05. The highest BCUT2D eigenvalue weighted by Crippen LogP contribution is 2.21. The largest absolute Gasteiger partial charge is 0.453 e. The molecule has 0 aliphatic rings. The first-order valence-electron chi connectivity index (χ1n) is 5.11. The minimum atomic E-state index is -0.362. The van der Waals surface area contributed by atoms with Crippen LogP contribution in [0.4, 0.5) is 0 Å². The number of primary amides is 1. The van der Waals surface area contributed by atoms with Gasteiger partial charge in [-0.05, 0) is 17.7 Å². The molecule has 2 aromatic rings. The van der Waals surface area contributed by atoms with Gasteiger partial charge in [0.1, 0.15) is 5.76 Å². The van der Waals surface area contributed by atoms with Crippen LogP contribution in [0.5, 0.6) is 0 Å². The maximum absolute atomic E-state index is 10.7. The molecule has 0 unspecified atom stereocenters. The van der Waals surface area contributed by atoms with Gasteiger partial charge >= 0.3 is 0 Å². The Bertz CT molecular complexity index is 540. The van der Waals surface area contributed by atoms with Gasteiger partial charge in [-0.1, -0.05) is 24.3 Å². The van der Waals surface area contributed by atoms with E-state index < -0.39 is 0 Å². The van der Waals surface area contributed by atoms with Crippen molar-refractivity contribution in [1.29, 1.82) is 0 Å². The standard InChI is InChI=1S/C13H11NO3/c14-13(16)7-9-1-3-10(4-2-9)12-6-5-11(8-15)17-12/h1-6,8H,7H2,(H2,14,16). The summed E-state index contributed by atoms with van der Waals surface area (Å²) in [6.07, 6.45) is 0.878. The number of carbonyl (C=O) groups is 2. The molecule has 86 valence electrons. The molecule has 2 rings (SSSR count). The van der Waals surface area contributed by atoms with E-state index in [4.69, 9.17) is 10.2 Å². The van der Waals surface area contributed by atoms with Crippen LogP contribution < -0.4 is 5.73 Å². The summed E-state index contributed by atoms with van der Waals surface area (Å²) < 4.78 is 5.28. The SMILES string of the molecule is NC(=O)Cc1ccc(-c2ccc(C=O)o2)cc1. The quantitative estimate of drug-likeness (QED) is 0.812. The molecule has 2 N–H and O–H groups in total. The van der Waals surface area contributed by atoms with E-state index in [2.05, 4.69) is 0 Å². The van der Waals surface area contributed by atoms with Crippen LogP contribution in [-0.2, 0) is 11.2 Å². The molecular weight excluding hydrogens is 218 g/mol. The number of amides is 1. The Morgan fingerprint density at radius 3 is 2.41 bits per heavy atom. The number of rotatable bonds is 4. The second-order valence-corrected chi connectivity index (χ2v) is 3.66. The van der Waals surface area contributed by atoms with Gasteiger partial charge in [-0.25, -0.2) is 0 Å². The number of hydrogen-bond donors (Lipinski definition) is 1. The fourth-order valence-electron chi connectivity index (χ4n) is 1.56. The van der Waals surface area contributed by atoms with Crippen LogP contribution in [0.2, 0.25) is 0 Å². The van der Waals surface area contributed by atoms with Crippen molar-refractivity contribution in [2.24, 2.45) is 5.73 Å². The molecule has 4 nitrogen and oxygen atoms in total. The zero-order chi connectivity index (χ0) is 12.3. The molecule has 0 spiro atoms. The summed E-state index contributed by atoms with van der Waals surface area (Å²) in [6, 6.07) is 10.6. The van der Waals surface area contributed by atoms with E-state index in [9.17, 15) is 9.59 Å². The molecule has 0 aliphatic heterocycles. The average molecular weight is 229 g/mol. The van der Waals surface area contributed by atoms with Crippen molar-refractivity contribution >= 4 is 12.2 Å². The molecule has 0 aliphatic carbocycles. The van der Waals surface area contributed by atoms with Gasteiger partial charge < -0.3 is 10.2 Å². The Hall–Kier alpha value is -2.36. The summed E-state index contributed by atoms with van der Waals surface area (Å²) in [5, 5.41) is 0. The number of aldehydes is 1. The van der Waals surface area contributed by atoms with Gasteiger partial charge in [0.2, 0.25) is 5.91 Å². The van der Waals surface area contributed by atoms with Crippen molar-refractivity contribution < 1.29 is 14.0 Å². The average Bonchev–Trinajstić information content (AvgIpc) is 2.78. The Labute approximate surface area is 98.0 Å². The first-order valence-corrected chi connectivity index (χ1v) is 5.11. The summed E-state index contributed by atoms with van der Waals surface area (Å²) in [5.74, 6) is 0.554. The third-order valence-corrected chi connectivity index (χ3v) is 2.36. The van der Waals surface area contributed by atoms with Gasteiger partial charge in [0.15, 0.2) is 12.0 Å². The number of carbonyl (C=O) groups excluding carboxylic acids is 2. The molecule has 0 saturated carbocycles. The smallest absolute Gasteiger partial charge is 0.221 e. The molecule has 4 heteroatoms. The summed E-state index contributed by atoms with van der Waals surface area (Å²) in [5.41, 5.74) is 6.80. The van der Waals surface area contributed by atoms with Crippen molar-refractivity contribution in [3.8, 4) is 11.3 Å². The van der Waals surface area contributed by atoms with Crippen molar-refractivity contribution in [3.63, 3.8) is 0 Å². The van der Waals surface area contributed by atoms with Gasteiger partial charge in [0, 0.05) is 5.56 Å². The highest BCUT2D eigenvalue weighted by molar-refractivity contribution is 5.77. The van der Waals surface area contributed by atoms with Crippen LogP contribution in [-0.4, -0.2) is 12.2 Å². The lowest BCUT2D eigenvalue weighted by atomic mass is 10.1. The van der Waals surface area contributed by atoms with Crippen LogP contribution in [0.3, 0.4) is 0 Å². The number of furan rings is 1. The molecule has 1 aromatic carbocycles. The predicted molar refractivity (Wildman–Crippen MR) is 62.4 cm³/mol. The fourth-order valence-corrected chi connectivity index (χ4v) is 1.56. The molecule has 0 atom stereocenters. The number of hydrogen-bond acceptors (Lipinski definition) is 3. The lowest BCUT2D eigenvalue weighted by molar-refractivity contribution is -0.117. The predicted octanol–water partition coefficient (Wildman–Crippen LogP) is 1.79. The van der Waals surface area contributed by atoms with E-state index in [1.165, 1.54) is 0 Å².